The van der Waals surface area contributed by atoms with Crippen molar-refractivity contribution >= 4 is 29.0 Å². The molecule has 5 nitrogen and oxygen atoms in total. The van der Waals surface area contributed by atoms with E-state index < -0.39 is 0 Å². The van der Waals surface area contributed by atoms with Crippen LogP contribution in [0.3, 0.4) is 0 Å². The molecule has 1 aliphatic heterocycles. The number of phenolic OH excluding ortho intramolecular Hbond substituents is 1. The SMILES string of the molecule is O=C1Nc2ccc(C(=O)c3ccco3)cc2/C1=C/c1cccc(O)c1. The molecule has 0 spiro atoms. The highest BCUT2D eigenvalue weighted by molar-refractivity contribution is 6.35. The van der Waals surface area contributed by atoms with Crippen molar-refractivity contribution in [1.29, 1.82) is 0 Å². The zero-order chi connectivity index (χ0) is 17.4. The average Bonchev–Trinajstić information content (AvgIpc) is 3.23. The zero-order valence-corrected chi connectivity index (χ0v) is 13.0. The van der Waals surface area contributed by atoms with E-state index in [4.69, 9.17) is 4.42 Å². The Hall–Kier alpha value is -3.60. The smallest absolute Gasteiger partial charge is 0.256 e. The maximum atomic E-state index is 12.4. The first-order chi connectivity index (χ1) is 12.1. The summed E-state index contributed by atoms with van der Waals surface area (Å²) in [6.07, 6.45) is 3.13. The van der Waals surface area contributed by atoms with Crippen molar-refractivity contribution in [3.63, 3.8) is 0 Å². The molecule has 5 heteroatoms. The molecule has 0 aliphatic carbocycles. The van der Waals surface area contributed by atoms with E-state index >= 15 is 0 Å². The maximum absolute atomic E-state index is 12.4. The molecule has 0 saturated heterocycles. The second-order valence-electron chi connectivity index (χ2n) is 5.67. The fourth-order valence-electron chi connectivity index (χ4n) is 2.80. The molecule has 0 bridgehead atoms. The van der Waals surface area contributed by atoms with E-state index in [9.17, 15) is 14.7 Å². The van der Waals surface area contributed by atoms with Gasteiger partial charge in [0.05, 0.1) is 6.26 Å². The minimum absolute atomic E-state index is 0.120. The molecule has 25 heavy (non-hydrogen) atoms. The van der Waals surface area contributed by atoms with E-state index in [-0.39, 0.29) is 23.2 Å². The Labute approximate surface area is 143 Å². The Bertz CT molecular complexity index is 1020. The summed E-state index contributed by atoms with van der Waals surface area (Å²) in [5.41, 5.74) is 2.86. The van der Waals surface area contributed by atoms with Gasteiger partial charge >= 0.3 is 0 Å². The van der Waals surface area contributed by atoms with E-state index in [0.29, 0.717) is 28.0 Å². The number of furan rings is 1. The maximum Gasteiger partial charge on any atom is 0.256 e. The van der Waals surface area contributed by atoms with Crippen molar-refractivity contribution in [3.8, 4) is 5.75 Å². The average molecular weight is 331 g/mol. The Kier molecular flexibility index (Phi) is 3.47. The number of carbonyl (C=O) groups excluding carboxylic acids is 2. The topological polar surface area (TPSA) is 79.5 Å². The largest absolute Gasteiger partial charge is 0.508 e. The standard InChI is InChI=1S/C20H13NO4/c22-14-4-1-3-12(9-14)10-16-15-11-13(6-7-17(15)21-20(16)24)19(23)18-5-2-8-25-18/h1-11,22H,(H,21,24)/b16-10-. The van der Waals surface area contributed by atoms with E-state index in [1.807, 2.05) is 0 Å². The van der Waals surface area contributed by atoms with Crippen molar-refractivity contribution in [2.45, 2.75) is 0 Å². The number of benzene rings is 2. The van der Waals surface area contributed by atoms with Crippen LogP contribution in [0.1, 0.15) is 27.2 Å². The number of phenols is 1. The second kappa shape index (κ2) is 5.79. The minimum atomic E-state index is -0.249. The van der Waals surface area contributed by atoms with E-state index in [1.54, 1.807) is 60.7 Å². The highest BCUT2D eigenvalue weighted by Gasteiger charge is 2.25. The lowest BCUT2D eigenvalue weighted by Gasteiger charge is -2.03. The summed E-state index contributed by atoms with van der Waals surface area (Å²) in [7, 11) is 0. The number of fused-ring (bicyclic) bond motifs is 1. The summed E-state index contributed by atoms with van der Waals surface area (Å²) in [6, 6.07) is 14.9. The van der Waals surface area contributed by atoms with Gasteiger partial charge in [-0.2, -0.15) is 0 Å². The predicted molar refractivity (Wildman–Crippen MR) is 93.2 cm³/mol. The van der Waals surface area contributed by atoms with Crippen molar-refractivity contribution in [2.75, 3.05) is 5.32 Å². The molecule has 122 valence electrons. The second-order valence-corrected chi connectivity index (χ2v) is 5.67. The van der Waals surface area contributed by atoms with E-state index in [1.165, 1.54) is 6.26 Å². The van der Waals surface area contributed by atoms with Gasteiger partial charge in [0.15, 0.2) is 5.76 Å². The molecular weight excluding hydrogens is 318 g/mol. The van der Waals surface area contributed by atoms with Gasteiger partial charge in [0.1, 0.15) is 5.75 Å². The molecule has 0 saturated carbocycles. The number of rotatable bonds is 3. The fraction of sp³-hybridized carbons (Fsp3) is 0. The molecule has 0 unspecified atom stereocenters. The molecule has 1 aromatic heterocycles. The van der Waals surface area contributed by atoms with Crippen LogP contribution in [-0.4, -0.2) is 16.8 Å². The van der Waals surface area contributed by atoms with Crippen LogP contribution in [0.15, 0.2) is 65.3 Å². The minimum Gasteiger partial charge on any atom is -0.508 e. The molecule has 2 heterocycles. The van der Waals surface area contributed by atoms with Crippen LogP contribution in [0, 0.1) is 0 Å². The van der Waals surface area contributed by atoms with Crippen LogP contribution >= 0.6 is 0 Å². The molecule has 2 N–H and O–H groups in total. The van der Waals surface area contributed by atoms with Crippen LogP contribution in [0.25, 0.3) is 11.6 Å². The number of carbonyl (C=O) groups is 2. The first-order valence-corrected chi connectivity index (χ1v) is 7.66. The van der Waals surface area contributed by atoms with Crippen LogP contribution in [-0.2, 0) is 4.79 Å². The molecule has 1 amide bonds. The zero-order valence-electron chi connectivity index (χ0n) is 13.0. The highest BCUT2D eigenvalue weighted by Crippen LogP contribution is 2.34. The Balaban J connectivity index is 1.77. The summed E-state index contributed by atoms with van der Waals surface area (Å²) in [5, 5.41) is 12.4. The van der Waals surface area contributed by atoms with Crippen LogP contribution in [0.2, 0.25) is 0 Å². The van der Waals surface area contributed by atoms with Crippen molar-refractivity contribution in [2.24, 2.45) is 0 Å². The van der Waals surface area contributed by atoms with Gasteiger partial charge in [0, 0.05) is 22.4 Å². The molecule has 0 atom stereocenters. The lowest BCUT2D eigenvalue weighted by molar-refractivity contribution is -0.110. The molecular formula is C20H13NO4. The summed E-state index contributed by atoms with van der Waals surface area (Å²) in [6.45, 7) is 0. The Morgan fingerprint density at radius 1 is 1.08 bits per heavy atom. The summed E-state index contributed by atoms with van der Waals surface area (Å²) in [5.74, 6) is -0.129. The van der Waals surface area contributed by atoms with E-state index in [0.717, 1.165) is 0 Å². The van der Waals surface area contributed by atoms with Gasteiger partial charge in [0.2, 0.25) is 5.78 Å². The Morgan fingerprint density at radius 2 is 1.96 bits per heavy atom. The third-order valence-corrected chi connectivity index (χ3v) is 3.99. The number of anilines is 1. The number of ketones is 1. The van der Waals surface area contributed by atoms with Gasteiger partial charge in [-0.25, -0.2) is 0 Å². The van der Waals surface area contributed by atoms with Crippen molar-refractivity contribution in [3.05, 3.63) is 83.3 Å². The fourth-order valence-corrected chi connectivity index (χ4v) is 2.80. The third kappa shape index (κ3) is 2.72. The lowest BCUT2D eigenvalue weighted by atomic mass is 9.99. The van der Waals surface area contributed by atoms with Gasteiger partial charge in [0.25, 0.3) is 5.91 Å². The van der Waals surface area contributed by atoms with E-state index in [2.05, 4.69) is 5.32 Å². The number of nitrogens with one attached hydrogen (secondary N) is 1. The molecule has 0 fully saturated rings. The van der Waals surface area contributed by atoms with Crippen LogP contribution in [0.4, 0.5) is 5.69 Å². The first-order valence-electron chi connectivity index (χ1n) is 7.66. The highest BCUT2D eigenvalue weighted by atomic mass is 16.3. The first kappa shape index (κ1) is 15.0. The van der Waals surface area contributed by atoms with Gasteiger partial charge in [-0.15, -0.1) is 0 Å². The van der Waals surface area contributed by atoms with Crippen LogP contribution in [0.5, 0.6) is 5.75 Å². The van der Waals surface area contributed by atoms with Gasteiger partial charge in [-0.1, -0.05) is 12.1 Å². The number of aromatic hydroxyl groups is 1. The lowest BCUT2D eigenvalue weighted by Crippen LogP contribution is -2.03. The molecule has 2 aromatic carbocycles. The molecule has 4 rings (SSSR count). The van der Waals surface area contributed by atoms with Crippen molar-refractivity contribution in [1.82, 2.24) is 0 Å². The third-order valence-electron chi connectivity index (χ3n) is 3.99. The van der Waals surface area contributed by atoms with Crippen molar-refractivity contribution < 1.29 is 19.1 Å². The summed E-state index contributed by atoms with van der Waals surface area (Å²) in [4.78, 5) is 24.7. The molecule has 3 aromatic rings. The number of hydrogen-bond acceptors (Lipinski definition) is 4. The molecule has 0 radical (unpaired) electrons. The van der Waals surface area contributed by atoms with Gasteiger partial charge < -0.3 is 14.8 Å². The quantitative estimate of drug-likeness (QED) is 0.566. The normalized spacial score (nSPS) is 14.4. The summed E-state index contributed by atoms with van der Waals surface area (Å²) < 4.78 is 5.15. The summed E-state index contributed by atoms with van der Waals surface area (Å²) >= 11 is 0. The number of amides is 1. The predicted octanol–water partition coefficient (Wildman–Crippen LogP) is 3.71. The van der Waals surface area contributed by atoms with Gasteiger partial charge in [-0.3, -0.25) is 9.59 Å². The number of hydrogen-bond donors (Lipinski definition) is 2. The Morgan fingerprint density at radius 3 is 2.72 bits per heavy atom. The van der Waals surface area contributed by atoms with Crippen LogP contribution < -0.4 is 5.32 Å². The monoisotopic (exact) mass is 331 g/mol. The molecule has 1 aliphatic rings. The van der Waals surface area contributed by atoms with Gasteiger partial charge in [-0.05, 0) is 54.1 Å².